The summed E-state index contributed by atoms with van der Waals surface area (Å²) in [6, 6.07) is 15.2. The van der Waals surface area contributed by atoms with Crippen molar-refractivity contribution in [3.63, 3.8) is 0 Å². The van der Waals surface area contributed by atoms with E-state index in [2.05, 4.69) is 10.3 Å². The number of carbonyl (C=O) groups is 1. The molecule has 0 spiro atoms. The Morgan fingerprint density at radius 1 is 1.21 bits per heavy atom. The van der Waals surface area contributed by atoms with Crippen molar-refractivity contribution in [3.05, 3.63) is 64.9 Å². The Morgan fingerprint density at radius 2 is 1.92 bits per heavy atom. The van der Waals surface area contributed by atoms with Crippen LogP contribution in [0.4, 0.5) is 4.79 Å². The summed E-state index contributed by atoms with van der Waals surface area (Å²) in [7, 11) is 3.71. The minimum Gasteiger partial charge on any atom is -0.334 e. The van der Waals surface area contributed by atoms with Gasteiger partial charge in [-0.3, -0.25) is 0 Å². The van der Waals surface area contributed by atoms with E-state index < -0.39 is 0 Å². The Labute approximate surface area is 145 Å². The van der Waals surface area contributed by atoms with Crippen molar-refractivity contribution in [1.82, 2.24) is 19.8 Å². The van der Waals surface area contributed by atoms with Crippen LogP contribution in [0.5, 0.6) is 0 Å². The molecule has 6 heteroatoms. The van der Waals surface area contributed by atoms with Crippen LogP contribution in [0, 0.1) is 0 Å². The number of hydrogen-bond donors (Lipinski definition) is 1. The second-order valence-electron chi connectivity index (χ2n) is 5.68. The van der Waals surface area contributed by atoms with Gasteiger partial charge in [0.2, 0.25) is 0 Å². The number of nitrogens with zero attached hydrogens (tertiary/aromatic N) is 3. The average molecular weight is 343 g/mol. The lowest BCUT2D eigenvalue weighted by atomic mass is 10.2. The van der Waals surface area contributed by atoms with Gasteiger partial charge < -0.3 is 14.8 Å². The highest BCUT2D eigenvalue weighted by atomic mass is 35.5. The minimum absolute atomic E-state index is 0.165. The van der Waals surface area contributed by atoms with E-state index in [1.807, 2.05) is 60.1 Å². The molecule has 3 rings (SSSR count). The highest BCUT2D eigenvalue weighted by Crippen LogP contribution is 2.16. The maximum Gasteiger partial charge on any atom is 0.317 e. The predicted molar refractivity (Wildman–Crippen MR) is 95.9 cm³/mol. The van der Waals surface area contributed by atoms with Gasteiger partial charge in [-0.05, 0) is 23.8 Å². The Hall–Kier alpha value is -2.53. The summed E-state index contributed by atoms with van der Waals surface area (Å²) in [6.07, 6.45) is 0. The van der Waals surface area contributed by atoms with Gasteiger partial charge in [-0.15, -0.1) is 0 Å². The van der Waals surface area contributed by atoms with Gasteiger partial charge in [-0.2, -0.15) is 0 Å². The summed E-state index contributed by atoms with van der Waals surface area (Å²) in [5.41, 5.74) is 2.88. The Balaban J connectivity index is 1.65. The van der Waals surface area contributed by atoms with E-state index in [4.69, 9.17) is 11.6 Å². The molecule has 24 heavy (non-hydrogen) atoms. The van der Waals surface area contributed by atoms with Crippen LogP contribution in [0.25, 0.3) is 11.0 Å². The zero-order chi connectivity index (χ0) is 17.1. The smallest absolute Gasteiger partial charge is 0.317 e. The van der Waals surface area contributed by atoms with Crippen LogP contribution in [-0.2, 0) is 20.1 Å². The van der Waals surface area contributed by atoms with Crippen molar-refractivity contribution in [2.24, 2.45) is 7.05 Å². The number of imidazole rings is 1. The fraction of sp³-hybridized carbons (Fsp3) is 0.222. The van der Waals surface area contributed by atoms with Crippen LogP contribution in [-0.4, -0.2) is 27.5 Å². The first-order valence-electron chi connectivity index (χ1n) is 7.69. The van der Waals surface area contributed by atoms with Gasteiger partial charge in [0.1, 0.15) is 5.82 Å². The van der Waals surface area contributed by atoms with Crippen molar-refractivity contribution >= 4 is 28.7 Å². The number of aryl methyl sites for hydroxylation is 1. The average Bonchev–Trinajstić information content (AvgIpc) is 2.90. The van der Waals surface area contributed by atoms with Crippen molar-refractivity contribution in [2.45, 2.75) is 13.1 Å². The fourth-order valence-electron chi connectivity index (χ4n) is 2.57. The summed E-state index contributed by atoms with van der Waals surface area (Å²) < 4.78 is 2.01. The molecule has 2 amide bonds. The first-order valence-corrected chi connectivity index (χ1v) is 8.07. The molecule has 1 N–H and O–H groups in total. The largest absolute Gasteiger partial charge is 0.334 e. The van der Waals surface area contributed by atoms with E-state index in [1.54, 1.807) is 11.9 Å². The lowest BCUT2D eigenvalue weighted by Crippen LogP contribution is -2.37. The third kappa shape index (κ3) is 3.36. The van der Waals surface area contributed by atoms with Crippen molar-refractivity contribution in [1.29, 1.82) is 0 Å². The van der Waals surface area contributed by atoms with Crippen LogP contribution < -0.4 is 5.32 Å². The maximum absolute atomic E-state index is 12.3. The monoisotopic (exact) mass is 342 g/mol. The minimum atomic E-state index is -0.165. The van der Waals surface area contributed by atoms with Gasteiger partial charge in [0, 0.05) is 25.7 Å². The molecule has 0 radical (unpaired) electrons. The van der Waals surface area contributed by atoms with Crippen LogP contribution in [0.2, 0.25) is 5.02 Å². The summed E-state index contributed by atoms with van der Waals surface area (Å²) >= 11 is 6.10. The predicted octanol–water partition coefficient (Wildman–Crippen LogP) is 3.57. The molecule has 0 atom stereocenters. The number of carbonyl (C=O) groups excluding carboxylic acids is 1. The van der Waals surface area contributed by atoms with Gasteiger partial charge in [-0.25, -0.2) is 9.78 Å². The zero-order valence-corrected chi connectivity index (χ0v) is 14.4. The molecule has 0 aliphatic carbocycles. The summed E-state index contributed by atoms with van der Waals surface area (Å²) in [6.45, 7) is 0.824. The summed E-state index contributed by atoms with van der Waals surface area (Å²) in [5, 5.41) is 3.53. The third-order valence-electron chi connectivity index (χ3n) is 3.99. The number of amides is 2. The van der Waals surface area contributed by atoms with Crippen LogP contribution in [0.3, 0.4) is 0 Å². The zero-order valence-electron chi connectivity index (χ0n) is 13.7. The first-order chi connectivity index (χ1) is 11.6. The fourth-order valence-corrected chi connectivity index (χ4v) is 2.77. The molecule has 0 saturated carbocycles. The first kappa shape index (κ1) is 16.3. The van der Waals surface area contributed by atoms with Crippen LogP contribution >= 0.6 is 11.6 Å². The lowest BCUT2D eigenvalue weighted by Gasteiger charge is -2.18. The van der Waals surface area contributed by atoms with Gasteiger partial charge in [-0.1, -0.05) is 41.9 Å². The second kappa shape index (κ2) is 6.93. The van der Waals surface area contributed by atoms with E-state index in [1.165, 1.54) is 0 Å². The number of urea groups is 1. The topological polar surface area (TPSA) is 50.2 Å². The molecule has 5 nitrogen and oxygen atoms in total. The Kier molecular flexibility index (Phi) is 4.71. The number of hydrogen-bond acceptors (Lipinski definition) is 2. The maximum atomic E-state index is 12.3. The standard InChI is InChI=1S/C18H19ClN4O/c1-22(18(24)20-11-13-7-3-4-8-14(13)19)12-17-21-15-9-5-6-10-16(15)23(17)2/h3-10H,11-12H2,1-2H3,(H,20,24). The number of aromatic nitrogens is 2. The summed E-state index contributed by atoms with van der Waals surface area (Å²) in [5.74, 6) is 0.839. The number of rotatable bonds is 4. The van der Waals surface area contributed by atoms with Gasteiger partial charge in [0.05, 0.1) is 17.6 Å². The molecule has 0 unspecified atom stereocenters. The Morgan fingerprint density at radius 3 is 2.67 bits per heavy atom. The highest BCUT2D eigenvalue weighted by molar-refractivity contribution is 6.31. The molecule has 0 aliphatic rings. The quantitative estimate of drug-likeness (QED) is 0.788. The molecule has 0 fully saturated rings. The van der Waals surface area contributed by atoms with E-state index in [9.17, 15) is 4.79 Å². The molecule has 1 aromatic heterocycles. The van der Waals surface area contributed by atoms with E-state index in [-0.39, 0.29) is 6.03 Å². The molecule has 0 saturated heterocycles. The molecule has 0 aliphatic heterocycles. The number of fused-ring (bicyclic) bond motifs is 1. The van der Waals surface area contributed by atoms with Crippen molar-refractivity contribution < 1.29 is 4.79 Å². The van der Waals surface area contributed by atoms with Crippen molar-refractivity contribution in [3.8, 4) is 0 Å². The molecule has 124 valence electrons. The molecule has 2 aromatic carbocycles. The lowest BCUT2D eigenvalue weighted by molar-refractivity contribution is 0.205. The molecular weight excluding hydrogens is 324 g/mol. The number of halogens is 1. The van der Waals surface area contributed by atoms with Gasteiger partial charge in [0.25, 0.3) is 0 Å². The van der Waals surface area contributed by atoms with E-state index in [0.29, 0.717) is 18.1 Å². The van der Waals surface area contributed by atoms with Gasteiger partial charge in [0.15, 0.2) is 0 Å². The molecule has 1 heterocycles. The molecular formula is C18H19ClN4O. The summed E-state index contributed by atoms with van der Waals surface area (Å²) in [4.78, 5) is 18.5. The van der Waals surface area contributed by atoms with Crippen molar-refractivity contribution in [2.75, 3.05) is 7.05 Å². The van der Waals surface area contributed by atoms with E-state index in [0.717, 1.165) is 22.4 Å². The van der Waals surface area contributed by atoms with Crippen LogP contribution in [0.15, 0.2) is 48.5 Å². The normalized spacial score (nSPS) is 10.8. The molecule has 0 bridgehead atoms. The number of benzene rings is 2. The van der Waals surface area contributed by atoms with E-state index >= 15 is 0 Å². The third-order valence-corrected chi connectivity index (χ3v) is 4.36. The number of nitrogens with one attached hydrogen (secondary N) is 1. The number of para-hydroxylation sites is 2. The second-order valence-corrected chi connectivity index (χ2v) is 6.09. The van der Waals surface area contributed by atoms with Crippen LogP contribution in [0.1, 0.15) is 11.4 Å². The Bertz CT molecular complexity index is 874. The SMILES string of the molecule is CN(Cc1nc2ccccc2n1C)C(=O)NCc1ccccc1Cl. The van der Waals surface area contributed by atoms with Gasteiger partial charge >= 0.3 is 6.03 Å². The molecule has 3 aromatic rings. The highest BCUT2D eigenvalue weighted by Gasteiger charge is 2.14.